The van der Waals surface area contributed by atoms with Crippen molar-refractivity contribution in [3.63, 3.8) is 0 Å². The first-order chi connectivity index (χ1) is 17.1. The van der Waals surface area contributed by atoms with Crippen LogP contribution >= 0.6 is 0 Å². The second-order valence-corrected chi connectivity index (χ2v) is 9.72. The number of hydrogen-bond acceptors (Lipinski definition) is 6. The minimum Gasteiger partial charge on any atom is -0.493 e. The van der Waals surface area contributed by atoms with Crippen LogP contribution in [0.5, 0.6) is 23.0 Å². The molecule has 0 bridgehead atoms. The molecule has 2 aromatic carbocycles. The molecule has 0 saturated carbocycles. The summed E-state index contributed by atoms with van der Waals surface area (Å²) < 4.78 is 22.4. The molecule has 0 spiro atoms. The zero-order valence-corrected chi connectivity index (χ0v) is 21.5. The van der Waals surface area contributed by atoms with Gasteiger partial charge in [-0.1, -0.05) is 13.3 Å². The van der Waals surface area contributed by atoms with Crippen molar-refractivity contribution in [2.24, 2.45) is 11.8 Å². The third kappa shape index (κ3) is 4.29. The predicted molar refractivity (Wildman–Crippen MR) is 138 cm³/mol. The van der Waals surface area contributed by atoms with Crippen LogP contribution in [0.4, 0.5) is 0 Å². The number of aromatic nitrogens is 1. The molecule has 0 N–H and O–H groups in total. The SMILES string of the molecule is CC[C@@H]1CN2CCc3cc(OC)c(OC)cc3[C@H]2C[C@H]1Cc1nccc2cc(OC)c(OC)cc12. The van der Waals surface area contributed by atoms with Gasteiger partial charge in [-0.05, 0) is 77.9 Å². The van der Waals surface area contributed by atoms with Gasteiger partial charge < -0.3 is 18.9 Å². The van der Waals surface area contributed by atoms with Gasteiger partial charge in [0.05, 0.1) is 28.4 Å². The van der Waals surface area contributed by atoms with E-state index >= 15 is 0 Å². The largest absolute Gasteiger partial charge is 0.493 e. The Bertz CT molecular complexity index is 1210. The van der Waals surface area contributed by atoms with Crippen LogP contribution in [-0.2, 0) is 12.8 Å². The fourth-order valence-electron chi connectivity index (χ4n) is 6.19. The molecule has 1 aromatic heterocycles. The standard InChI is InChI=1S/C29H36N2O4/c1-6-18-17-31-10-8-20-14-27(33-3)29(35-5)16-23(20)25(31)12-21(18)11-24-22-15-28(34-4)26(32-2)13-19(22)7-9-30-24/h7,9,13-16,18,21,25H,6,8,10-12,17H2,1-5H3/t18-,21-,25-/m1/s1. The minimum absolute atomic E-state index is 0.399. The quantitative estimate of drug-likeness (QED) is 0.452. The first-order valence-corrected chi connectivity index (χ1v) is 12.6. The summed E-state index contributed by atoms with van der Waals surface area (Å²) in [6.07, 6.45) is 6.23. The number of rotatable bonds is 7. The van der Waals surface area contributed by atoms with E-state index in [0.717, 1.165) is 71.8 Å². The van der Waals surface area contributed by atoms with Gasteiger partial charge in [0.25, 0.3) is 0 Å². The molecule has 0 aliphatic carbocycles. The summed E-state index contributed by atoms with van der Waals surface area (Å²) in [5.41, 5.74) is 3.92. The van der Waals surface area contributed by atoms with E-state index in [-0.39, 0.29) is 0 Å². The lowest BCUT2D eigenvalue weighted by Crippen LogP contribution is -2.46. The van der Waals surface area contributed by atoms with Crippen LogP contribution in [0.3, 0.4) is 0 Å². The summed E-state index contributed by atoms with van der Waals surface area (Å²) in [6, 6.07) is 11.0. The second kappa shape index (κ2) is 9.94. The Hall–Kier alpha value is -2.99. The highest BCUT2D eigenvalue weighted by Crippen LogP contribution is 2.46. The van der Waals surface area contributed by atoms with Crippen LogP contribution in [0.2, 0.25) is 0 Å². The third-order valence-electron chi connectivity index (χ3n) is 8.11. The molecule has 3 heterocycles. The number of nitrogens with zero attached hydrogens (tertiary/aromatic N) is 2. The fraction of sp³-hybridized carbons (Fsp3) is 0.483. The van der Waals surface area contributed by atoms with Crippen molar-refractivity contribution < 1.29 is 18.9 Å². The molecule has 186 valence electrons. The Morgan fingerprint density at radius 2 is 1.57 bits per heavy atom. The minimum atomic E-state index is 0.399. The third-order valence-corrected chi connectivity index (χ3v) is 8.11. The molecule has 3 aromatic rings. The van der Waals surface area contributed by atoms with Crippen LogP contribution in [0.25, 0.3) is 10.8 Å². The second-order valence-electron chi connectivity index (χ2n) is 9.72. The zero-order chi connectivity index (χ0) is 24.5. The van der Waals surface area contributed by atoms with Crippen molar-refractivity contribution in [1.29, 1.82) is 0 Å². The maximum absolute atomic E-state index is 5.66. The van der Waals surface area contributed by atoms with Crippen molar-refractivity contribution in [1.82, 2.24) is 9.88 Å². The number of hydrogen-bond donors (Lipinski definition) is 0. The first kappa shape index (κ1) is 23.7. The molecule has 0 radical (unpaired) electrons. The molecule has 2 aliphatic heterocycles. The Morgan fingerprint density at radius 1 is 0.886 bits per heavy atom. The first-order valence-electron chi connectivity index (χ1n) is 12.6. The van der Waals surface area contributed by atoms with E-state index in [9.17, 15) is 0 Å². The van der Waals surface area contributed by atoms with Gasteiger partial charge >= 0.3 is 0 Å². The van der Waals surface area contributed by atoms with Crippen molar-refractivity contribution >= 4 is 10.8 Å². The van der Waals surface area contributed by atoms with Crippen LogP contribution < -0.4 is 18.9 Å². The van der Waals surface area contributed by atoms with Gasteiger partial charge in [-0.25, -0.2) is 0 Å². The Labute approximate surface area is 208 Å². The molecule has 1 fully saturated rings. The highest BCUT2D eigenvalue weighted by atomic mass is 16.5. The number of fused-ring (bicyclic) bond motifs is 4. The molecular formula is C29H36N2O4. The molecule has 0 unspecified atom stereocenters. The van der Waals surface area contributed by atoms with Gasteiger partial charge in [-0.2, -0.15) is 0 Å². The maximum atomic E-state index is 5.66. The van der Waals surface area contributed by atoms with Crippen LogP contribution in [0, 0.1) is 11.8 Å². The number of methoxy groups -OCH3 is 4. The van der Waals surface area contributed by atoms with Crippen molar-refractivity contribution in [2.45, 2.75) is 38.6 Å². The van der Waals surface area contributed by atoms with Crippen LogP contribution in [0.1, 0.15) is 42.6 Å². The Balaban J connectivity index is 1.49. The van der Waals surface area contributed by atoms with E-state index < -0.39 is 0 Å². The summed E-state index contributed by atoms with van der Waals surface area (Å²) in [5.74, 6) is 4.33. The average Bonchev–Trinajstić information content (AvgIpc) is 2.91. The van der Waals surface area contributed by atoms with Crippen molar-refractivity contribution in [2.75, 3.05) is 41.5 Å². The lowest BCUT2D eigenvalue weighted by atomic mass is 9.74. The highest BCUT2D eigenvalue weighted by Gasteiger charge is 2.39. The summed E-state index contributed by atoms with van der Waals surface area (Å²) >= 11 is 0. The van der Waals surface area contributed by atoms with E-state index in [0.29, 0.717) is 17.9 Å². The van der Waals surface area contributed by atoms with E-state index in [2.05, 4.69) is 42.2 Å². The molecular weight excluding hydrogens is 440 g/mol. The summed E-state index contributed by atoms with van der Waals surface area (Å²) in [5, 5.41) is 2.29. The average molecular weight is 477 g/mol. The Kier molecular flexibility index (Phi) is 6.74. The van der Waals surface area contributed by atoms with Gasteiger partial charge in [0.1, 0.15) is 0 Å². The Morgan fingerprint density at radius 3 is 2.29 bits per heavy atom. The predicted octanol–water partition coefficient (Wildman–Crippen LogP) is 5.46. The molecule has 35 heavy (non-hydrogen) atoms. The zero-order valence-electron chi connectivity index (χ0n) is 21.5. The van der Waals surface area contributed by atoms with Gasteiger partial charge in [-0.3, -0.25) is 9.88 Å². The molecule has 6 nitrogen and oxygen atoms in total. The van der Waals surface area contributed by atoms with E-state index in [4.69, 9.17) is 23.9 Å². The van der Waals surface area contributed by atoms with Gasteiger partial charge in [0, 0.05) is 36.4 Å². The summed E-state index contributed by atoms with van der Waals surface area (Å²) in [6.45, 7) is 4.55. The maximum Gasteiger partial charge on any atom is 0.161 e. The molecule has 6 heteroatoms. The smallest absolute Gasteiger partial charge is 0.161 e. The lowest BCUT2D eigenvalue weighted by molar-refractivity contribution is 0.0517. The van der Waals surface area contributed by atoms with Gasteiger partial charge in [-0.15, -0.1) is 0 Å². The number of ether oxygens (including phenoxy) is 4. The number of piperidine rings is 1. The summed E-state index contributed by atoms with van der Waals surface area (Å²) in [7, 11) is 6.80. The van der Waals surface area contributed by atoms with Crippen molar-refractivity contribution in [3.05, 3.63) is 53.3 Å². The van der Waals surface area contributed by atoms with Gasteiger partial charge in [0.15, 0.2) is 23.0 Å². The number of benzene rings is 2. The van der Waals surface area contributed by atoms with Crippen LogP contribution in [-0.4, -0.2) is 51.4 Å². The molecule has 5 rings (SSSR count). The number of pyridine rings is 1. The molecule has 0 amide bonds. The lowest BCUT2D eigenvalue weighted by Gasteiger charge is -2.47. The molecule has 2 aliphatic rings. The highest BCUT2D eigenvalue weighted by molar-refractivity contribution is 5.88. The van der Waals surface area contributed by atoms with Crippen molar-refractivity contribution in [3.8, 4) is 23.0 Å². The monoisotopic (exact) mass is 476 g/mol. The summed E-state index contributed by atoms with van der Waals surface area (Å²) in [4.78, 5) is 7.54. The molecule has 1 saturated heterocycles. The van der Waals surface area contributed by atoms with Crippen LogP contribution in [0.15, 0.2) is 36.5 Å². The normalized spacial score (nSPS) is 21.8. The van der Waals surface area contributed by atoms with E-state index in [1.807, 2.05) is 6.20 Å². The topological polar surface area (TPSA) is 53.1 Å². The fourth-order valence-corrected chi connectivity index (χ4v) is 6.19. The van der Waals surface area contributed by atoms with E-state index in [1.54, 1.807) is 28.4 Å². The van der Waals surface area contributed by atoms with E-state index in [1.165, 1.54) is 17.5 Å². The molecule has 3 atom stereocenters. The van der Waals surface area contributed by atoms with Gasteiger partial charge in [0.2, 0.25) is 0 Å².